The fraction of sp³-hybridized carbons (Fsp3) is 0.259. The molecule has 0 saturated carbocycles. The molecule has 11 heteroatoms. The Morgan fingerprint density at radius 3 is 2.34 bits per heavy atom. The summed E-state index contributed by atoms with van der Waals surface area (Å²) in [5, 5.41) is 3.20. The van der Waals surface area contributed by atoms with Crippen LogP contribution in [-0.4, -0.2) is 44.3 Å². The highest BCUT2D eigenvalue weighted by Crippen LogP contribution is 2.33. The molecule has 0 aliphatic rings. The van der Waals surface area contributed by atoms with Crippen LogP contribution >= 0.6 is 39.1 Å². The summed E-state index contributed by atoms with van der Waals surface area (Å²) in [6.45, 7) is 3.51. The third kappa shape index (κ3) is 7.50. The SMILES string of the molecule is CCCNC(=O)[C@H](C)N(Cc1cccc(Br)c1)C(=O)CN(c1ccc(Cl)cc1Cl)S(=O)(=O)c1ccccc1. The van der Waals surface area contributed by atoms with Gasteiger partial charge in [-0.2, -0.15) is 0 Å². The zero-order valence-electron chi connectivity index (χ0n) is 20.9. The Kier molecular flexibility index (Phi) is 10.6. The molecule has 3 rings (SSSR count). The standard InChI is InChI=1S/C27H28BrCl2N3O4S/c1-3-14-31-27(35)19(2)32(17-20-8-7-9-21(28)15-20)26(34)18-33(25-13-12-22(29)16-24(25)30)38(36,37)23-10-5-4-6-11-23/h4-13,15-16,19H,3,14,17-18H2,1-2H3,(H,31,35)/t19-/m0/s1. The van der Waals surface area contributed by atoms with Gasteiger partial charge in [-0.25, -0.2) is 8.42 Å². The lowest BCUT2D eigenvalue weighted by molar-refractivity contribution is -0.139. The van der Waals surface area contributed by atoms with Crippen molar-refractivity contribution in [2.45, 2.75) is 37.8 Å². The summed E-state index contributed by atoms with van der Waals surface area (Å²) >= 11 is 15.9. The van der Waals surface area contributed by atoms with E-state index in [1.165, 1.54) is 35.2 Å². The summed E-state index contributed by atoms with van der Waals surface area (Å²) in [6, 6.07) is 18.6. The van der Waals surface area contributed by atoms with E-state index in [-0.39, 0.29) is 28.1 Å². The normalized spacial score (nSPS) is 12.0. The number of anilines is 1. The van der Waals surface area contributed by atoms with Crippen molar-refractivity contribution in [3.05, 3.63) is 92.9 Å². The molecule has 0 heterocycles. The van der Waals surface area contributed by atoms with Gasteiger partial charge >= 0.3 is 0 Å². The van der Waals surface area contributed by atoms with Gasteiger partial charge in [0.15, 0.2) is 0 Å². The predicted molar refractivity (Wildman–Crippen MR) is 155 cm³/mol. The highest BCUT2D eigenvalue weighted by Gasteiger charge is 2.33. The average Bonchev–Trinajstić information content (AvgIpc) is 2.89. The summed E-state index contributed by atoms with van der Waals surface area (Å²) < 4.78 is 29.3. The average molecular weight is 641 g/mol. The molecule has 7 nitrogen and oxygen atoms in total. The van der Waals surface area contributed by atoms with Gasteiger partial charge in [0.2, 0.25) is 11.8 Å². The second kappa shape index (κ2) is 13.5. The number of benzene rings is 3. The summed E-state index contributed by atoms with van der Waals surface area (Å²) in [5.41, 5.74) is 0.864. The third-order valence-electron chi connectivity index (χ3n) is 5.75. The molecule has 0 aliphatic heterocycles. The number of amides is 2. The molecular formula is C27H28BrCl2N3O4S. The van der Waals surface area contributed by atoms with Gasteiger partial charge in [0.25, 0.3) is 10.0 Å². The van der Waals surface area contributed by atoms with E-state index in [0.29, 0.717) is 11.6 Å². The number of nitrogens with one attached hydrogen (secondary N) is 1. The second-order valence-electron chi connectivity index (χ2n) is 8.54. The number of carbonyl (C=O) groups is 2. The summed E-state index contributed by atoms with van der Waals surface area (Å²) in [4.78, 5) is 28.1. The topological polar surface area (TPSA) is 86.8 Å². The first kappa shape index (κ1) is 30.0. The predicted octanol–water partition coefficient (Wildman–Crippen LogP) is 5.89. The Balaban J connectivity index is 2.04. The van der Waals surface area contributed by atoms with Crippen LogP contribution in [-0.2, 0) is 26.2 Å². The Hall–Kier alpha value is -2.59. The molecule has 0 aliphatic carbocycles. The quantitative estimate of drug-likeness (QED) is 0.283. The molecule has 0 radical (unpaired) electrons. The minimum absolute atomic E-state index is 0.00825. The maximum Gasteiger partial charge on any atom is 0.264 e. The number of rotatable bonds is 11. The smallest absolute Gasteiger partial charge is 0.264 e. The van der Waals surface area contributed by atoms with Crippen molar-refractivity contribution in [1.82, 2.24) is 10.2 Å². The Bertz CT molecular complexity index is 1390. The van der Waals surface area contributed by atoms with Gasteiger partial charge in [-0.05, 0) is 61.4 Å². The van der Waals surface area contributed by atoms with Gasteiger partial charge in [-0.3, -0.25) is 13.9 Å². The molecule has 0 aromatic heterocycles. The van der Waals surface area contributed by atoms with Gasteiger partial charge in [0.1, 0.15) is 12.6 Å². The van der Waals surface area contributed by atoms with E-state index in [4.69, 9.17) is 23.2 Å². The molecule has 202 valence electrons. The van der Waals surface area contributed by atoms with Crippen molar-refractivity contribution in [2.24, 2.45) is 0 Å². The molecular weight excluding hydrogens is 613 g/mol. The number of nitrogens with zero attached hydrogens (tertiary/aromatic N) is 2. The van der Waals surface area contributed by atoms with E-state index >= 15 is 0 Å². The van der Waals surface area contributed by atoms with Crippen LogP contribution in [0.5, 0.6) is 0 Å². The van der Waals surface area contributed by atoms with Crippen molar-refractivity contribution < 1.29 is 18.0 Å². The first-order chi connectivity index (χ1) is 18.0. The zero-order valence-corrected chi connectivity index (χ0v) is 24.8. The molecule has 1 N–H and O–H groups in total. The molecule has 38 heavy (non-hydrogen) atoms. The molecule has 3 aromatic rings. The van der Waals surface area contributed by atoms with Crippen LogP contribution in [0.25, 0.3) is 0 Å². The number of hydrogen-bond acceptors (Lipinski definition) is 4. The van der Waals surface area contributed by atoms with Gasteiger partial charge in [-0.15, -0.1) is 0 Å². The Morgan fingerprint density at radius 2 is 1.71 bits per heavy atom. The molecule has 0 fully saturated rings. The van der Waals surface area contributed by atoms with Crippen LogP contribution in [0.15, 0.2) is 82.2 Å². The summed E-state index contributed by atoms with van der Waals surface area (Å²) in [7, 11) is -4.21. The lowest BCUT2D eigenvalue weighted by Gasteiger charge is -2.32. The first-order valence-corrected chi connectivity index (χ1v) is 14.9. The fourth-order valence-corrected chi connectivity index (χ4v) is 6.19. The van der Waals surface area contributed by atoms with Crippen LogP contribution in [0, 0.1) is 0 Å². The van der Waals surface area contributed by atoms with Crippen LogP contribution in [0.1, 0.15) is 25.8 Å². The first-order valence-electron chi connectivity index (χ1n) is 11.9. The van der Waals surface area contributed by atoms with E-state index in [2.05, 4.69) is 21.2 Å². The lowest BCUT2D eigenvalue weighted by Crippen LogP contribution is -2.51. The molecule has 0 bridgehead atoms. The molecule has 0 unspecified atom stereocenters. The number of carbonyl (C=O) groups excluding carboxylic acids is 2. The lowest BCUT2D eigenvalue weighted by atomic mass is 10.1. The van der Waals surface area contributed by atoms with E-state index in [1.54, 1.807) is 25.1 Å². The summed E-state index contributed by atoms with van der Waals surface area (Å²) in [6.07, 6.45) is 0.732. The van der Waals surface area contributed by atoms with Crippen LogP contribution < -0.4 is 9.62 Å². The number of sulfonamides is 1. The minimum Gasteiger partial charge on any atom is -0.354 e. The monoisotopic (exact) mass is 639 g/mol. The Morgan fingerprint density at radius 1 is 1.00 bits per heavy atom. The molecule has 2 amide bonds. The van der Waals surface area contributed by atoms with Crippen LogP contribution in [0.3, 0.4) is 0 Å². The van der Waals surface area contributed by atoms with Crippen molar-refractivity contribution in [1.29, 1.82) is 0 Å². The maximum absolute atomic E-state index is 13.9. The highest BCUT2D eigenvalue weighted by atomic mass is 79.9. The van der Waals surface area contributed by atoms with Crippen LogP contribution in [0.2, 0.25) is 10.0 Å². The molecule has 0 saturated heterocycles. The van der Waals surface area contributed by atoms with E-state index in [9.17, 15) is 18.0 Å². The second-order valence-corrected chi connectivity index (χ2v) is 12.2. The largest absolute Gasteiger partial charge is 0.354 e. The summed E-state index contributed by atoms with van der Waals surface area (Å²) in [5.74, 6) is -0.910. The third-order valence-corrected chi connectivity index (χ3v) is 8.55. The molecule has 1 atom stereocenters. The van der Waals surface area contributed by atoms with Crippen molar-refractivity contribution in [3.63, 3.8) is 0 Å². The molecule has 3 aromatic carbocycles. The fourth-order valence-electron chi connectivity index (χ4n) is 3.73. The number of hydrogen-bond donors (Lipinski definition) is 1. The van der Waals surface area contributed by atoms with E-state index in [1.807, 2.05) is 31.2 Å². The van der Waals surface area contributed by atoms with Crippen LogP contribution in [0.4, 0.5) is 5.69 Å². The van der Waals surface area contributed by atoms with E-state index < -0.39 is 28.5 Å². The zero-order chi connectivity index (χ0) is 27.9. The van der Waals surface area contributed by atoms with Gasteiger partial charge in [0, 0.05) is 22.6 Å². The molecule has 0 spiro atoms. The highest BCUT2D eigenvalue weighted by molar-refractivity contribution is 9.10. The van der Waals surface area contributed by atoms with E-state index in [0.717, 1.165) is 20.8 Å². The van der Waals surface area contributed by atoms with Crippen molar-refractivity contribution >= 4 is 66.7 Å². The van der Waals surface area contributed by atoms with Crippen molar-refractivity contribution in [3.8, 4) is 0 Å². The van der Waals surface area contributed by atoms with Gasteiger partial charge in [0.05, 0.1) is 15.6 Å². The van der Waals surface area contributed by atoms with Crippen molar-refractivity contribution in [2.75, 3.05) is 17.4 Å². The van der Waals surface area contributed by atoms with Gasteiger partial charge < -0.3 is 10.2 Å². The Labute approximate surface area is 241 Å². The minimum atomic E-state index is -4.21. The number of halogens is 3. The van der Waals surface area contributed by atoms with Gasteiger partial charge in [-0.1, -0.05) is 76.4 Å². The maximum atomic E-state index is 13.9.